The third-order valence-electron chi connectivity index (χ3n) is 1.46. The molecule has 0 radical (unpaired) electrons. The molecule has 0 atom stereocenters. The monoisotopic (exact) mass is 167 g/mol. The van der Waals surface area contributed by atoms with E-state index in [2.05, 4.69) is 5.43 Å². The van der Waals surface area contributed by atoms with Crippen molar-refractivity contribution < 1.29 is 4.74 Å². The third-order valence-corrected chi connectivity index (χ3v) is 1.46. The van der Waals surface area contributed by atoms with Gasteiger partial charge in [-0.25, -0.2) is 0 Å². The third kappa shape index (κ3) is 1.79. The fraction of sp³-hybridized carbons (Fsp3) is 0.250. The van der Waals surface area contributed by atoms with E-state index in [0.717, 1.165) is 0 Å². The molecule has 0 spiro atoms. The number of anilines is 2. The van der Waals surface area contributed by atoms with E-state index < -0.39 is 0 Å². The predicted molar refractivity (Wildman–Crippen MR) is 49.8 cm³/mol. The van der Waals surface area contributed by atoms with Gasteiger partial charge in [-0.1, -0.05) is 0 Å². The van der Waals surface area contributed by atoms with Crippen molar-refractivity contribution >= 4 is 11.4 Å². The van der Waals surface area contributed by atoms with Crippen LogP contribution in [0, 0.1) is 0 Å². The van der Waals surface area contributed by atoms with Crippen LogP contribution in [-0.2, 0) is 0 Å². The average molecular weight is 167 g/mol. The van der Waals surface area contributed by atoms with Crippen LogP contribution in [0.15, 0.2) is 18.2 Å². The summed E-state index contributed by atoms with van der Waals surface area (Å²) in [5, 5.41) is 0. The van der Waals surface area contributed by atoms with Crippen molar-refractivity contribution in [3.8, 4) is 5.75 Å². The quantitative estimate of drug-likeness (QED) is 0.356. The lowest BCUT2D eigenvalue weighted by Crippen LogP contribution is -2.09. The van der Waals surface area contributed by atoms with E-state index in [4.69, 9.17) is 16.3 Å². The summed E-state index contributed by atoms with van der Waals surface area (Å²) in [5.41, 5.74) is 9.43. The Kier molecular flexibility index (Phi) is 2.76. The van der Waals surface area contributed by atoms with Gasteiger partial charge in [-0.3, -0.25) is 5.84 Å². The topological polar surface area (TPSA) is 73.3 Å². The summed E-state index contributed by atoms with van der Waals surface area (Å²) in [6.45, 7) is 2.52. The number of nitrogen functional groups attached to an aromatic ring is 2. The molecule has 0 bridgehead atoms. The SMILES string of the molecule is CCOc1ccc(N)cc1NN. The normalized spacial score (nSPS) is 9.50. The molecular formula is C8H13N3O. The Hall–Kier alpha value is -1.42. The molecule has 1 aromatic carbocycles. The van der Waals surface area contributed by atoms with Crippen LogP contribution in [0.3, 0.4) is 0 Å². The number of hydrogen-bond donors (Lipinski definition) is 3. The number of hydrogen-bond acceptors (Lipinski definition) is 4. The van der Waals surface area contributed by atoms with Crippen LogP contribution < -0.4 is 21.7 Å². The summed E-state index contributed by atoms with van der Waals surface area (Å²) in [7, 11) is 0. The van der Waals surface area contributed by atoms with Crippen molar-refractivity contribution in [2.45, 2.75) is 6.92 Å². The Bertz CT molecular complexity index is 262. The summed E-state index contributed by atoms with van der Waals surface area (Å²) in [6.07, 6.45) is 0. The summed E-state index contributed by atoms with van der Waals surface area (Å²) in [4.78, 5) is 0. The predicted octanol–water partition coefficient (Wildman–Crippen LogP) is 0.953. The van der Waals surface area contributed by atoms with Gasteiger partial charge in [-0.05, 0) is 25.1 Å². The van der Waals surface area contributed by atoms with Gasteiger partial charge in [0.05, 0.1) is 12.3 Å². The Morgan fingerprint density at radius 3 is 2.83 bits per heavy atom. The number of benzene rings is 1. The molecule has 0 amide bonds. The second-order valence-electron chi connectivity index (χ2n) is 2.33. The Labute approximate surface area is 71.5 Å². The minimum Gasteiger partial charge on any atom is -0.492 e. The van der Waals surface area contributed by atoms with Crippen molar-refractivity contribution in [3.63, 3.8) is 0 Å². The molecule has 1 rings (SSSR count). The number of rotatable bonds is 3. The molecule has 4 heteroatoms. The molecule has 5 N–H and O–H groups in total. The maximum atomic E-state index is 5.55. The van der Waals surface area contributed by atoms with Crippen molar-refractivity contribution in [2.75, 3.05) is 17.8 Å². The van der Waals surface area contributed by atoms with Gasteiger partial charge in [0.15, 0.2) is 0 Å². The fourth-order valence-electron chi connectivity index (χ4n) is 0.942. The standard InChI is InChI=1S/C8H13N3O/c1-2-12-8-4-3-6(9)5-7(8)11-10/h3-5,11H,2,9-10H2,1H3. The van der Waals surface area contributed by atoms with Crippen LogP contribution in [0.25, 0.3) is 0 Å². The van der Waals surface area contributed by atoms with Gasteiger partial charge in [-0.2, -0.15) is 0 Å². The molecule has 0 saturated carbocycles. The molecule has 0 fully saturated rings. The molecule has 0 heterocycles. The maximum Gasteiger partial charge on any atom is 0.143 e. The highest BCUT2D eigenvalue weighted by Crippen LogP contribution is 2.25. The van der Waals surface area contributed by atoms with Crippen LogP contribution in [0.1, 0.15) is 6.92 Å². The van der Waals surface area contributed by atoms with Crippen LogP contribution in [0.2, 0.25) is 0 Å². The molecule has 0 aliphatic carbocycles. The molecule has 1 aromatic rings. The molecule has 66 valence electrons. The van der Waals surface area contributed by atoms with Gasteiger partial charge < -0.3 is 15.9 Å². The molecule has 0 aliphatic heterocycles. The van der Waals surface area contributed by atoms with Crippen LogP contribution >= 0.6 is 0 Å². The van der Waals surface area contributed by atoms with Gasteiger partial charge >= 0.3 is 0 Å². The molecular weight excluding hydrogens is 154 g/mol. The summed E-state index contributed by atoms with van der Waals surface area (Å²) >= 11 is 0. The molecule has 0 saturated heterocycles. The first-order valence-corrected chi connectivity index (χ1v) is 3.77. The van der Waals surface area contributed by atoms with E-state index in [9.17, 15) is 0 Å². The van der Waals surface area contributed by atoms with Gasteiger partial charge in [-0.15, -0.1) is 0 Å². The molecule has 0 unspecified atom stereocenters. The van der Waals surface area contributed by atoms with Gasteiger partial charge in [0.25, 0.3) is 0 Å². The number of nitrogens with two attached hydrogens (primary N) is 2. The highest BCUT2D eigenvalue weighted by atomic mass is 16.5. The summed E-state index contributed by atoms with van der Waals surface area (Å²) in [5.74, 6) is 5.98. The van der Waals surface area contributed by atoms with Crippen LogP contribution in [-0.4, -0.2) is 6.61 Å². The smallest absolute Gasteiger partial charge is 0.143 e. The highest BCUT2D eigenvalue weighted by molar-refractivity contribution is 5.62. The van der Waals surface area contributed by atoms with E-state index in [1.54, 1.807) is 18.2 Å². The Morgan fingerprint density at radius 1 is 1.50 bits per heavy atom. The van der Waals surface area contributed by atoms with E-state index in [-0.39, 0.29) is 0 Å². The largest absolute Gasteiger partial charge is 0.492 e. The van der Waals surface area contributed by atoms with Crippen molar-refractivity contribution in [3.05, 3.63) is 18.2 Å². The zero-order valence-corrected chi connectivity index (χ0v) is 7.00. The molecule has 4 nitrogen and oxygen atoms in total. The van der Waals surface area contributed by atoms with E-state index in [1.165, 1.54) is 0 Å². The second-order valence-corrected chi connectivity index (χ2v) is 2.33. The Morgan fingerprint density at radius 2 is 2.25 bits per heavy atom. The van der Waals surface area contributed by atoms with Gasteiger partial charge in [0, 0.05) is 5.69 Å². The lowest BCUT2D eigenvalue weighted by atomic mass is 10.2. The number of hydrazine groups is 1. The minimum absolute atomic E-state index is 0.610. The number of ether oxygens (including phenoxy) is 1. The maximum absolute atomic E-state index is 5.55. The minimum atomic E-state index is 0.610. The Balaban J connectivity index is 2.94. The molecule has 12 heavy (non-hydrogen) atoms. The zero-order chi connectivity index (χ0) is 8.97. The lowest BCUT2D eigenvalue weighted by Gasteiger charge is -2.09. The summed E-state index contributed by atoms with van der Waals surface area (Å²) in [6, 6.07) is 5.28. The van der Waals surface area contributed by atoms with E-state index in [0.29, 0.717) is 23.7 Å². The first kappa shape index (κ1) is 8.67. The van der Waals surface area contributed by atoms with Gasteiger partial charge in [0.1, 0.15) is 5.75 Å². The average Bonchev–Trinajstić information content (AvgIpc) is 2.08. The molecule has 0 aromatic heterocycles. The van der Waals surface area contributed by atoms with Crippen molar-refractivity contribution in [1.82, 2.24) is 0 Å². The highest BCUT2D eigenvalue weighted by Gasteiger charge is 2.00. The lowest BCUT2D eigenvalue weighted by molar-refractivity contribution is 0.342. The van der Waals surface area contributed by atoms with Crippen molar-refractivity contribution in [1.29, 1.82) is 0 Å². The number of nitrogens with one attached hydrogen (secondary N) is 1. The second kappa shape index (κ2) is 3.82. The first-order chi connectivity index (χ1) is 5.77. The zero-order valence-electron chi connectivity index (χ0n) is 7.00. The van der Waals surface area contributed by atoms with Crippen molar-refractivity contribution in [2.24, 2.45) is 5.84 Å². The fourth-order valence-corrected chi connectivity index (χ4v) is 0.942. The van der Waals surface area contributed by atoms with E-state index >= 15 is 0 Å². The van der Waals surface area contributed by atoms with Gasteiger partial charge in [0.2, 0.25) is 0 Å². The van der Waals surface area contributed by atoms with E-state index in [1.807, 2.05) is 6.92 Å². The first-order valence-electron chi connectivity index (χ1n) is 3.77. The summed E-state index contributed by atoms with van der Waals surface area (Å²) < 4.78 is 5.28. The van der Waals surface area contributed by atoms with Crippen LogP contribution in [0.5, 0.6) is 5.75 Å². The van der Waals surface area contributed by atoms with Crippen LogP contribution in [0.4, 0.5) is 11.4 Å². The molecule has 0 aliphatic rings.